The average Bonchev–Trinajstić information content (AvgIpc) is 2.43. The number of nitrogens with zero attached hydrogens (tertiary/aromatic N) is 1. The lowest BCUT2D eigenvalue weighted by atomic mass is 10.1. The minimum atomic E-state index is -0.997. The third-order valence-corrected chi connectivity index (χ3v) is 4.45. The van der Waals surface area contributed by atoms with Gasteiger partial charge in [-0.2, -0.15) is 0 Å². The summed E-state index contributed by atoms with van der Waals surface area (Å²) in [4.78, 5) is 15.3. The van der Waals surface area contributed by atoms with Crippen LogP contribution in [0.15, 0.2) is 30.5 Å². The fourth-order valence-corrected chi connectivity index (χ4v) is 2.18. The first kappa shape index (κ1) is 14.5. The van der Waals surface area contributed by atoms with Crippen LogP contribution in [-0.4, -0.2) is 38.3 Å². The zero-order valence-electron chi connectivity index (χ0n) is 11.3. The van der Waals surface area contributed by atoms with Gasteiger partial charge in [0.25, 0.3) is 0 Å². The third kappa shape index (κ3) is 2.96. The maximum absolute atomic E-state index is 11.3. The number of carboxylic acid groups (broad SMARTS) is 1. The molecule has 1 aromatic heterocycles. The molecular weight excluding hydrogens is 276 g/mol. The Morgan fingerprint density at radius 3 is 2.65 bits per heavy atom. The maximum Gasteiger partial charge on any atom is 0.337 e. The van der Waals surface area contributed by atoms with Crippen LogP contribution in [0.5, 0.6) is 0 Å². The molecule has 2 aromatic rings. The summed E-state index contributed by atoms with van der Waals surface area (Å²) >= 11 is 0. The highest BCUT2D eigenvalue weighted by Gasteiger charge is 2.13. The largest absolute Gasteiger partial charge is 0.478 e. The maximum atomic E-state index is 11.3. The van der Waals surface area contributed by atoms with Crippen LogP contribution in [0.3, 0.4) is 0 Å². The minimum absolute atomic E-state index is 0.00490. The fourth-order valence-electron chi connectivity index (χ4n) is 1.86. The average molecular weight is 292 g/mol. The number of fused-ring (bicyclic) bond motifs is 1. The molecule has 0 bridgehead atoms. The highest BCUT2D eigenvalue weighted by molar-refractivity contribution is 7.84. The number of aromatic nitrogens is 1. The Labute approximate surface area is 119 Å². The van der Waals surface area contributed by atoms with Crippen LogP contribution in [0, 0.1) is 0 Å². The molecule has 0 aliphatic heterocycles. The van der Waals surface area contributed by atoms with Crippen molar-refractivity contribution in [1.29, 1.82) is 0 Å². The summed E-state index contributed by atoms with van der Waals surface area (Å²) in [5.41, 5.74) is 0.179. The van der Waals surface area contributed by atoms with Crippen LogP contribution >= 0.6 is 0 Å². The van der Waals surface area contributed by atoms with Gasteiger partial charge >= 0.3 is 5.97 Å². The van der Waals surface area contributed by atoms with Crippen LogP contribution in [0.1, 0.15) is 17.3 Å². The zero-order valence-corrected chi connectivity index (χ0v) is 12.1. The number of carboxylic acids is 1. The molecule has 1 heterocycles. The molecular formula is C14H16N2O3S. The van der Waals surface area contributed by atoms with Gasteiger partial charge in [-0.15, -0.1) is 0 Å². The topological polar surface area (TPSA) is 79.3 Å². The smallest absolute Gasteiger partial charge is 0.337 e. The highest BCUT2D eigenvalue weighted by atomic mass is 32.2. The fraction of sp³-hybridized carbons (Fsp3) is 0.286. The summed E-state index contributed by atoms with van der Waals surface area (Å²) in [5, 5.41) is 13.7. The minimum Gasteiger partial charge on any atom is -0.478 e. The van der Waals surface area contributed by atoms with Crippen molar-refractivity contribution in [1.82, 2.24) is 4.98 Å². The van der Waals surface area contributed by atoms with Crippen molar-refractivity contribution in [3.8, 4) is 0 Å². The van der Waals surface area contributed by atoms with Crippen LogP contribution < -0.4 is 5.32 Å². The van der Waals surface area contributed by atoms with Crippen molar-refractivity contribution in [2.24, 2.45) is 0 Å². The van der Waals surface area contributed by atoms with Gasteiger partial charge in [-0.1, -0.05) is 24.3 Å². The molecule has 0 spiro atoms. The summed E-state index contributed by atoms with van der Waals surface area (Å²) in [6.45, 7) is 2.41. The molecule has 2 unspecified atom stereocenters. The first-order valence-electron chi connectivity index (χ1n) is 6.18. The number of nitrogens with one attached hydrogen (secondary N) is 1. The number of rotatable bonds is 5. The van der Waals surface area contributed by atoms with E-state index in [1.54, 1.807) is 18.4 Å². The van der Waals surface area contributed by atoms with Gasteiger partial charge in [0.1, 0.15) is 5.82 Å². The lowest BCUT2D eigenvalue weighted by Gasteiger charge is -2.13. The highest BCUT2D eigenvalue weighted by Crippen LogP contribution is 2.24. The van der Waals surface area contributed by atoms with Gasteiger partial charge in [-0.05, 0) is 6.92 Å². The second kappa shape index (κ2) is 6.00. The van der Waals surface area contributed by atoms with Gasteiger partial charge in [0.2, 0.25) is 0 Å². The van der Waals surface area contributed by atoms with Crippen molar-refractivity contribution < 1.29 is 14.1 Å². The van der Waals surface area contributed by atoms with E-state index in [1.807, 2.05) is 19.1 Å². The Bertz CT molecular complexity index is 673. The second-order valence-electron chi connectivity index (χ2n) is 4.56. The van der Waals surface area contributed by atoms with Crippen LogP contribution in [0.25, 0.3) is 10.8 Å². The van der Waals surface area contributed by atoms with Crippen molar-refractivity contribution >= 4 is 33.4 Å². The molecule has 106 valence electrons. The van der Waals surface area contributed by atoms with E-state index in [-0.39, 0.29) is 10.8 Å². The van der Waals surface area contributed by atoms with E-state index in [9.17, 15) is 9.00 Å². The molecule has 2 N–H and O–H groups in total. The molecule has 5 nitrogen and oxygen atoms in total. The Balaban J connectivity index is 2.38. The predicted octanol–water partition coefficient (Wildman–Crippen LogP) is 2.11. The van der Waals surface area contributed by atoms with E-state index in [2.05, 4.69) is 10.3 Å². The van der Waals surface area contributed by atoms with Crippen LogP contribution in [0.4, 0.5) is 5.82 Å². The van der Waals surface area contributed by atoms with Crippen molar-refractivity contribution in [3.63, 3.8) is 0 Å². The van der Waals surface area contributed by atoms with Crippen molar-refractivity contribution in [2.75, 3.05) is 18.1 Å². The van der Waals surface area contributed by atoms with Crippen molar-refractivity contribution in [3.05, 3.63) is 36.0 Å². The molecule has 0 amide bonds. The molecule has 1 aromatic carbocycles. The molecule has 2 rings (SSSR count). The zero-order chi connectivity index (χ0) is 14.7. The van der Waals surface area contributed by atoms with Gasteiger partial charge in [0.05, 0.1) is 5.56 Å². The van der Waals surface area contributed by atoms with Gasteiger partial charge in [0, 0.05) is 45.8 Å². The molecule has 0 radical (unpaired) electrons. The molecule has 0 aliphatic rings. The number of aromatic carboxylic acids is 1. The summed E-state index contributed by atoms with van der Waals surface area (Å²) < 4.78 is 11.3. The van der Waals surface area contributed by atoms with E-state index in [4.69, 9.17) is 5.11 Å². The molecule has 20 heavy (non-hydrogen) atoms. The first-order valence-corrected chi connectivity index (χ1v) is 7.80. The monoisotopic (exact) mass is 292 g/mol. The Kier molecular flexibility index (Phi) is 4.34. The predicted molar refractivity (Wildman–Crippen MR) is 80.7 cm³/mol. The second-order valence-corrected chi connectivity index (χ2v) is 6.36. The Hall–Kier alpha value is -1.95. The lowest BCUT2D eigenvalue weighted by molar-refractivity contribution is 0.0698. The number of benzene rings is 1. The van der Waals surface area contributed by atoms with Crippen molar-refractivity contribution in [2.45, 2.75) is 12.2 Å². The van der Waals surface area contributed by atoms with Gasteiger partial charge < -0.3 is 10.4 Å². The van der Waals surface area contributed by atoms with Gasteiger partial charge in [-0.3, -0.25) is 4.21 Å². The first-order chi connectivity index (χ1) is 9.50. The molecule has 0 saturated heterocycles. The van der Waals surface area contributed by atoms with E-state index in [0.29, 0.717) is 17.7 Å². The van der Waals surface area contributed by atoms with E-state index >= 15 is 0 Å². The summed E-state index contributed by atoms with van der Waals surface area (Å²) in [6.07, 6.45) is 3.01. The summed E-state index contributed by atoms with van der Waals surface area (Å²) in [6, 6.07) is 7.21. The standard InChI is InChI=1S/C14H16N2O3S/c1-9(20(2)19)7-15-13-11-6-4-3-5-10(11)12(8-16-13)14(17)18/h3-6,8-9H,7H2,1-2H3,(H,15,16)(H,17,18). The summed E-state index contributed by atoms with van der Waals surface area (Å²) in [5.74, 6) is -0.383. The number of carbonyl (C=O) groups is 1. The third-order valence-electron chi connectivity index (χ3n) is 3.15. The molecule has 0 aliphatic carbocycles. The lowest BCUT2D eigenvalue weighted by Crippen LogP contribution is -2.21. The van der Waals surface area contributed by atoms with E-state index < -0.39 is 16.8 Å². The number of anilines is 1. The Morgan fingerprint density at radius 2 is 2.05 bits per heavy atom. The SMILES string of the molecule is CC(CNc1ncc(C(=O)O)c2ccccc12)S(C)=O. The number of pyridine rings is 1. The van der Waals surface area contributed by atoms with Crippen LogP contribution in [-0.2, 0) is 10.8 Å². The molecule has 0 fully saturated rings. The molecule has 2 atom stereocenters. The van der Waals surface area contributed by atoms with E-state index in [0.717, 1.165) is 5.39 Å². The summed E-state index contributed by atoms with van der Waals surface area (Å²) in [7, 11) is -0.914. The Morgan fingerprint density at radius 1 is 1.40 bits per heavy atom. The van der Waals surface area contributed by atoms with Crippen LogP contribution in [0.2, 0.25) is 0 Å². The number of hydrogen-bond acceptors (Lipinski definition) is 4. The molecule has 0 saturated carbocycles. The normalized spacial score (nSPS) is 13.9. The number of hydrogen-bond donors (Lipinski definition) is 2. The molecule has 6 heteroatoms. The van der Waals surface area contributed by atoms with Gasteiger partial charge in [0.15, 0.2) is 0 Å². The quantitative estimate of drug-likeness (QED) is 0.882. The van der Waals surface area contributed by atoms with Gasteiger partial charge in [-0.25, -0.2) is 9.78 Å². The van der Waals surface area contributed by atoms with E-state index in [1.165, 1.54) is 6.20 Å².